The predicted molar refractivity (Wildman–Crippen MR) is 59.7 cm³/mol. The smallest absolute Gasteiger partial charge is 0.363 e. The number of likely N-dealkylation sites (N-methyl/N-ethyl adjacent to an activating group) is 1. The van der Waals surface area contributed by atoms with E-state index in [0.717, 1.165) is 0 Å². The Kier molecular flexibility index (Phi) is 5.55. The molecule has 102 valence electrons. The molecule has 0 fully saturated rings. The van der Waals surface area contributed by atoms with Crippen molar-refractivity contribution in [3.8, 4) is 0 Å². The van der Waals surface area contributed by atoms with Gasteiger partial charge in [0.1, 0.15) is 12.4 Å². The first-order valence-corrected chi connectivity index (χ1v) is 5.57. The normalized spacial score (nSPS) is 13.6. The zero-order chi connectivity index (χ0) is 13.6. The molecule has 1 atom stereocenters. The average Bonchev–Trinajstić information content (AvgIpc) is 2.29. The van der Waals surface area contributed by atoms with Gasteiger partial charge in [-0.15, -0.1) is 0 Å². The summed E-state index contributed by atoms with van der Waals surface area (Å²) in [7, 11) is 0. The zero-order valence-electron chi connectivity index (χ0n) is 9.93. The number of hydrogen-bond acceptors (Lipinski definition) is 2. The molecule has 0 amide bonds. The molecule has 18 heavy (non-hydrogen) atoms. The summed E-state index contributed by atoms with van der Waals surface area (Å²) in [6, 6.07) is 5.67. The molecule has 0 aliphatic rings. The molecular formula is C12H15F4NO. The molecule has 2 nitrogen and oxygen atoms in total. The summed E-state index contributed by atoms with van der Waals surface area (Å²) in [6.45, 7) is 1.12. The zero-order valence-corrected chi connectivity index (χ0v) is 9.93. The Hall–Kier alpha value is -1.14. The van der Waals surface area contributed by atoms with E-state index >= 15 is 0 Å². The average molecular weight is 265 g/mol. The van der Waals surface area contributed by atoms with Crippen LogP contribution in [0.5, 0.6) is 0 Å². The van der Waals surface area contributed by atoms with E-state index in [9.17, 15) is 17.6 Å². The highest BCUT2D eigenvalue weighted by atomic mass is 19.4. The number of halogens is 4. The minimum Gasteiger partial charge on any atom is -0.363 e. The van der Waals surface area contributed by atoms with Crippen molar-refractivity contribution in [3.63, 3.8) is 0 Å². The predicted octanol–water partition coefficient (Wildman–Crippen LogP) is 3.06. The SMILES string of the molecule is CCNCC(OCC(F)(F)F)c1ccccc1F. The van der Waals surface area contributed by atoms with Crippen LogP contribution in [0.15, 0.2) is 24.3 Å². The lowest BCUT2D eigenvalue weighted by atomic mass is 10.1. The lowest BCUT2D eigenvalue weighted by Gasteiger charge is -2.20. The third-order valence-electron chi connectivity index (χ3n) is 2.28. The van der Waals surface area contributed by atoms with Crippen LogP contribution in [-0.2, 0) is 4.74 Å². The summed E-state index contributed by atoms with van der Waals surface area (Å²) < 4.78 is 54.6. The van der Waals surface area contributed by atoms with Gasteiger partial charge >= 0.3 is 6.18 Å². The molecule has 1 rings (SSSR count). The van der Waals surface area contributed by atoms with E-state index in [2.05, 4.69) is 5.32 Å². The lowest BCUT2D eigenvalue weighted by Crippen LogP contribution is -2.27. The molecule has 0 spiro atoms. The van der Waals surface area contributed by atoms with E-state index in [4.69, 9.17) is 4.74 Å². The fourth-order valence-electron chi connectivity index (χ4n) is 1.47. The van der Waals surface area contributed by atoms with Crippen molar-refractivity contribution < 1.29 is 22.3 Å². The van der Waals surface area contributed by atoms with Gasteiger partial charge in [-0.1, -0.05) is 25.1 Å². The van der Waals surface area contributed by atoms with Crippen LogP contribution >= 0.6 is 0 Å². The second kappa shape index (κ2) is 6.70. The number of alkyl halides is 3. The summed E-state index contributed by atoms with van der Waals surface area (Å²) in [5.41, 5.74) is 0.128. The van der Waals surface area contributed by atoms with Crippen molar-refractivity contribution in [1.82, 2.24) is 5.32 Å². The van der Waals surface area contributed by atoms with E-state index in [0.29, 0.717) is 6.54 Å². The van der Waals surface area contributed by atoms with Crippen LogP contribution in [0, 0.1) is 5.82 Å². The van der Waals surface area contributed by atoms with Gasteiger partial charge < -0.3 is 10.1 Å². The first-order valence-electron chi connectivity index (χ1n) is 5.57. The minimum absolute atomic E-state index is 0.128. The first kappa shape index (κ1) is 14.9. The molecule has 6 heteroatoms. The Bertz CT molecular complexity index is 367. The quantitative estimate of drug-likeness (QED) is 0.798. The highest BCUT2D eigenvalue weighted by Gasteiger charge is 2.30. The maximum atomic E-state index is 13.5. The molecule has 0 aliphatic heterocycles. The monoisotopic (exact) mass is 265 g/mol. The molecule has 1 N–H and O–H groups in total. The van der Waals surface area contributed by atoms with E-state index in [1.165, 1.54) is 18.2 Å². The number of benzene rings is 1. The van der Waals surface area contributed by atoms with Gasteiger partial charge in [-0.05, 0) is 12.6 Å². The molecule has 0 heterocycles. The van der Waals surface area contributed by atoms with Crippen LogP contribution in [-0.4, -0.2) is 25.9 Å². The summed E-state index contributed by atoms with van der Waals surface area (Å²) in [4.78, 5) is 0. The largest absolute Gasteiger partial charge is 0.411 e. The van der Waals surface area contributed by atoms with Gasteiger partial charge in [0.2, 0.25) is 0 Å². The second-order valence-electron chi connectivity index (χ2n) is 3.74. The topological polar surface area (TPSA) is 21.3 Å². The van der Waals surface area contributed by atoms with Crippen molar-refractivity contribution in [2.45, 2.75) is 19.2 Å². The van der Waals surface area contributed by atoms with Crippen LogP contribution in [0.4, 0.5) is 17.6 Å². The molecule has 0 aliphatic carbocycles. The Morgan fingerprint density at radius 1 is 1.28 bits per heavy atom. The second-order valence-corrected chi connectivity index (χ2v) is 3.74. The van der Waals surface area contributed by atoms with Gasteiger partial charge in [-0.2, -0.15) is 13.2 Å². The third kappa shape index (κ3) is 5.01. The number of rotatable bonds is 6. The van der Waals surface area contributed by atoms with Crippen LogP contribution in [0.25, 0.3) is 0 Å². The van der Waals surface area contributed by atoms with Gasteiger partial charge in [0.15, 0.2) is 0 Å². The van der Waals surface area contributed by atoms with Gasteiger partial charge in [-0.3, -0.25) is 0 Å². The fraction of sp³-hybridized carbons (Fsp3) is 0.500. The molecule has 0 radical (unpaired) electrons. The van der Waals surface area contributed by atoms with Gasteiger partial charge in [-0.25, -0.2) is 4.39 Å². The first-order chi connectivity index (χ1) is 8.44. The maximum Gasteiger partial charge on any atom is 0.411 e. The number of ether oxygens (including phenoxy) is 1. The highest BCUT2D eigenvalue weighted by molar-refractivity contribution is 5.20. The van der Waals surface area contributed by atoms with Crippen molar-refractivity contribution in [3.05, 3.63) is 35.6 Å². The molecule has 1 unspecified atom stereocenters. The summed E-state index contributed by atoms with van der Waals surface area (Å²) in [6.07, 6.45) is -5.37. The molecule has 0 saturated carbocycles. The Morgan fingerprint density at radius 3 is 2.50 bits per heavy atom. The minimum atomic E-state index is -4.42. The van der Waals surface area contributed by atoms with Crippen molar-refractivity contribution in [1.29, 1.82) is 0 Å². The van der Waals surface area contributed by atoms with Crippen molar-refractivity contribution in [2.75, 3.05) is 19.7 Å². The number of nitrogens with one attached hydrogen (secondary N) is 1. The van der Waals surface area contributed by atoms with Crippen LogP contribution in [0.2, 0.25) is 0 Å². The van der Waals surface area contributed by atoms with E-state index in [1.807, 2.05) is 6.92 Å². The van der Waals surface area contributed by atoms with Gasteiger partial charge in [0.05, 0.1) is 6.10 Å². The van der Waals surface area contributed by atoms with E-state index < -0.39 is 24.7 Å². The maximum absolute atomic E-state index is 13.5. The standard InChI is InChI=1S/C12H15F4NO/c1-2-17-7-11(18-8-12(14,15)16)9-5-3-4-6-10(9)13/h3-6,11,17H,2,7-8H2,1H3. The van der Waals surface area contributed by atoms with Crippen molar-refractivity contribution >= 4 is 0 Å². The van der Waals surface area contributed by atoms with E-state index in [-0.39, 0.29) is 12.1 Å². The van der Waals surface area contributed by atoms with Crippen LogP contribution in [0.3, 0.4) is 0 Å². The lowest BCUT2D eigenvalue weighted by molar-refractivity contribution is -0.186. The molecule has 0 saturated heterocycles. The molecule has 0 bridgehead atoms. The fourth-order valence-corrected chi connectivity index (χ4v) is 1.47. The summed E-state index contributed by atoms with van der Waals surface area (Å²) >= 11 is 0. The Morgan fingerprint density at radius 2 is 1.94 bits per heavy atom. The van der Waals surface area contributed by atoms with Crippen LogP contribution in [0.1, 0.15) is 18.6 Å². The number of hydrogen-bond donors (Lipinski definition) is 1. The Balaban J connectivity index is 2.75. The van der Waals surface area contributed by atoms with Crippen LogP contribution < -0.4 is 5.32 Å². The third-order valence-corrected chi connectivity index (χ3v) is 2.28. The molecule has 0 aromatic heterocycles. The molecule has 1 aromatic rings. The molecule has 1 aromatic carbocycles. The Labute approximate surface area is 103 Å². The summed E-state index contributed by atoms with van der Waals surface area (Å²) in [5, 5.41) is 2.85. The molecular weight excluding hydrogens is 250 g/mol. The van der Waals surface area contributed by atoms with Crippen molar-refractivity contribution in [2.24, 2.45) is 0 Å². The van der Waals surface area contributed by atoms with Gasteiger partial charge in [0, 0.05) is 12.1 Å². The van der Waals surface area contributed by atoms with E-state index in [1.54, 1.807) is 6.07 Å². The highest BCUT2D eigenvalue weighted by Crippen LogP contribution is 2.23. The van der Waals surface area contributed by atoms with Gasteiger partial charge in [0.25, 0.3) is 0 Å². The summed E-state index contributed by atoms with van der Waals surface area (Å²) in [5.74, 6) is -0.567.